The summed E-state index contributed by atoms with van der Waals surface area (Å²) in [6.45, 7) is 0. The summed E-state index contributed by atoms with van der Waals surface area (Å²) in [6, 6.07) is 35.9. The number of hydrogen-bond donors (Lipinski definition) is 2. The lowest BCUT2D eigenvalue weighted by Gasteiger charge is -2.24. The van der Waals surface area contributed by atoms with E-state index in [0.29, 0.717) is 12.8 Å². The summed E-state index contributed by atoms with van der Waals surface area (Å²) < 4.78 is 24.4. The number of thiophene rings is 2. The molecule has 50 heavy (non-hydrogen) atoms. The minimum atomic E-state index is -0.687. The smallest absolute Gasteiger partial charge is 0.332 e. The zero-order valence-electron chi connectivity index (χ0n) is 27.7. The van der Waals surface area contributed by atoms with Crippen molar-refractivity contribution >= 4 is 56.2 Å². The maximum atomic E-state index is 12.9. The molecule has 0 aliphatic rings. The third kappa shape index (κ3) is 8.96. The highest BCUT2D eigenvalue weighted by molar-refractivity contribution is 7.10. The number of fused-ring (bicyclic) bond motifs is 2. The molecule has 256 valence electrons. The number of rotatable bonds is 16. The van der Waals surface area contributed by atoms with E-state index >= 15 is 0 Å². The van der Waals surface area contributed by atoms with Crippen molar-refractivity contribution in [2.75, 3.05) is 14.1 Å². The van der Waals surface area contributed by atoms with E-state index in [-0.39, 0.29) is 12.2 Å². The number of carbonyl (C=O) groups excluding carboxylic acids is 2. The van der Waals surface area contributed by atoms with Gasteiger partial charge in [-0.15, -0.1) is 22.7 Å². The third-order valence-electron chi connectivity index (χ3n) is 8.13. The Morgan fingerprint density at radius 1 is 0.580 bits per heavy atom. The molecule has 0 fully saturated rings. The summed E-state index contributed by atoms with van der Waals surface area (Å²) in [5.74, 6) is 0.114. The van der Waals surface area contributed by atoms with E-state index in [1.807, 2.05) is 120 Å². The Morgan fingerprint density at radius 3 is 1.40 bits per heavy atom. The van der Waals surface area contributed by atoms with Crippen LogP contribution in [0.5, 0.6) is 11.5 Å². The summed E-state index contributed by atoms with van der Waals surface area (Å²) >= 11 is 3.14. The Labute approximate surface area is 299 Å². The molecule has 2 aromatic heterocycles. The molecule has 2 heterocycles. The van der Waals surface area contributed by atoms with Crippen LogP contribution in [0.2, 0.25) is 0 Å². The Morgan fingerprint density at radius 2 is 1.00 bits per heavy atom. The van der Waals surface area contributed by atoms with Gasteiger partial charge in [0.05, 0.1) is 0 Å². The van der Waals surface area contributed by atoms with Gasteiger partial charge in [0.2, 0.25) is 0 Å². The number of benzene rings is 4. The van der Waals surface area contributed by atoms with Gasteiger partial charge in [-0.05, 0) is 59.9 Å². The second-order valence-electron chi connectivity index (χ2n) is 11.4. The maximum Gasteiger partial charge on any atom is 0.332 e. The van der Waals surface area contributed by atoms with Crippen LogP contribution in [0.4, 0.5) is 0 Å². The highest BCUT2D eigenvalue weighted by Gasteiger charge is 2.25. The van der Waals surface area contributed by atoms with Gasteiger partial charge >= 0.3 is 11.9 Å². The lowest BCUT2D eigenvalue weighted by molar-refractivity contribution is -0.148. The first-order valence-electron chi connectivity index (χ1n) is 16.3. The molecule has 0 aliphatic carbocycles. The second-order valence-corrected chi connectivity index (χ2v) is 13.4. The molecule has 2 N–H and O–H groups in total. The van der Waals surface area contributed by atoms with Crippen molar-refractivity contribution in [1.29, 1.82) is 0 Å². The first-order chi connectivity index (χ1) is 24.5. The molecule has 0 radical (unpaired) electrons. The van der Waals surface area contributed by atoms with Crippen LogP contribution in [-0.4, -0.2) is 38.5 Å². The van der Waals surface area contributed by atoms with E-state index in [4.69, 9.17) is 18.9 Å². The minimum Gasteiger partial charge on any atom is -0.484 e. The molecular weight excluding hydrogens is 669 g/mol. The number of ether oxygens (including phenoxy) is 4. The van der Waals surface area contributed by atoms with Gasteiger partial charge in [-0.3, -0.25) is 10.6 Å². The van der Waals surface area contributed by atoms with Gasteiger partial charge in [-0.2, -0.15) is 0 Å². The summed E-state index contributed by atoms with van der Waals surface area (Å²) in [4.78, 5) is 27.8. The van der Waals surface area contributed by atoms with E-state index in [9.17, 15) is 9.59 Å². The predicted octanol–water partition coefficient (Wildman–Crippen LogP) is 8.57. The fraction of sp³-hybridized carbons (Fsp3) is 0.200. The van der Waals surface area contributed by atoms with Gasteiger partial charge in [0, 0.05) is 45.5 Å². The molecule has 6 aromatic rings. The van der Waals surface area contributed by atoms with Crippen LogP contribution in [-0.2, 0) is 19.1 Å². The van der Waals surface area contributed by atoms with Gasteiger partial charge in [-0.1, -0.05) is 84.9 Å². The van der Waals surface area contributed by atoms with Crippen molar-refractivity contribution in [3.8, 4) is 11.5 Å². The Bertz CT molecular complexity index is 1870. The van der Waals surface area contributed by atoms with Gasteiger partial charge in [0.25, 0.3) is 0 Å². The number of carbonyl (C=O) groups is 2. The summed E-state index contributed by atoms with van der Waals surface area (Å²) in [5.41, 5.74) is 0. The van der Waals surface area contributed by atoms with Gasteiger partial charge < -0.3 is 18.9 Å². The fourth-order valence-electron chi connectivity index (χ4n) is 5.63. The van der Waals surface area contributed by atoms with E-state index in [0.717, 1.165) is 55.0 Å². The van der Waals surface area contributed by atoms with Crippen LogP contribution < -0.4 is 20.1 Å². The third-order valence-corrected chi connectivity index (χ3v) is 10.1. The molecule has 4 atom stereocenters. The molecule has 4 unspecified atom stereocenters. The van der Waals surface area contributed by atoms with Crippen LogP contribution in [0.15, 0.2) is 132 Å². The molecule has 0 aliphatic heterocycles. The zero-order chi connectivity index (χ0) is 34.7. The van der Waals surface area contributed by atoms with Crippen LogP contribution >= 0.6 is 22.7 Å². The van der Waals surface area contributed by atoms with Gasteiger partial charge in [0.15, 0.2) is 12.5 Å². The highest BCUT2D eigenvalue weighted by atomic mass is 32.1. The first-order valence-corrected chi connectivity index (χ1v) is 18.1. The fourth-order valence-corrected chi connectivity index (χ4v) is 7.17. The zero-order valence-corrected chi connectivity index (χ0v) is 29.3. The average molecular weight is 707 g/mol. The molecule has 8 nitrogen and oxygen atoms in total. The molecule has 0 bridgehead atoms. The molecule has 0 amide bonds. The van der Waals surface area contributed by atoms with E-state index < -0.39 is 24.4 Å². The first kappa shape index (κ1) is 34.8. The van der Waals surface area contributed by atoms with Crippen LogP contribution in [0, 0.1) is 0 Å². The van der Waals surface area contributed by atoms with Crippen LogP contribution in [0.3, 0.4) is 0 Å². The van der Waals surface area contributed by atoms with Crippen molar-refractivity contribution in [1.82, 2.24) is 10.6 Å². The minimum absolute atomic E-state index is 0.340. The van der Waals surface area contributed by atoms with Crippen molar-refractivity contribution in [2.45, 2.75) is 37.5 Å². The van der Waals surface area contributed by atoms with Crippen molar-refractivity contribution in [3.05, 3.63) is 142 Å². The quantitative estimate of drug-likeness (QED) is 0.0588. The molecule has 0 saturated heterocycles. The Hall–Kier alpha value is -5.00. The highest BCUT2D eigenvalue weighted by Crippen LogP contribution is 2.35. The average Bonchev–Trinajstić information content (AvgIpc) is 3.89. The predicted molar refractivity (Wildman–Crippen MR) is 200 cm³/mol. The molecular formula is C40H38N2O6S2. The Kier molecular flexibility index (Phi) is 11.9. The lowest BCUT2D eigenvalue weighted by atomic mass is 10.1. The SMILES string of the molecule is CNC(CC(Oc1cccc2ccccc12)c1cccs1)OC(=O)/C=C\C(=O)OC(CC(Oc1cccc2ccccc12)c1cccs1)NC. The Balaban J connectivity index is 1.07. The number of hydrogen-bond acceptors (Lipinski definition) is 10. The van der Waals surface area contributed by atoms with Crippen molar-refractivity contribution in [2.24, 2.45) is 0 Å². The van der Waals surface area contributed by atoms with Crippen LogP contribution in [0.25, 0.3) is 21.5 Å². The summed E-state index contributed by atoms with van der Waals surface area (Å²) in [5, 5.41) is 14.2. The largest absolute Gasteiger partial charge is 0.484 e. The van der Waals surface area contributed by atoms with E-state index in [1.54, 1.807) is 36.8 Å². The van der Waals surface area contributed by atoms with Crippen molar-refractivity contribution < 1.29 is 28.5 Å². The van der Waals surface area contributed by atoms with E-state index in [2.05, 4.69) is 10.6 Å². The molecule has 0 spiro atoms. The molecule has 4 aromatic carbocycles. The number of nitrogens with one attached hydrogen (secondary N) is 2. The standard InChI is InChI=1S/C40H38N2O6S2/c1-41-37(25-33(35-19-9-23-49-35)45-31-17-7-13-27-11-3-5-15-29(27)31)47-39(43)21-22-40(44)48-38(42-2)26-34(36-20-10-24-50-36)46-32-18-8-14-28-12-4-6-16-30(28)32/h3-24,33-34,37-38,41-42H,25-26H2,1-2H3/b22-21-. The topological polar surface area (TPSA) is 95.1 Å². The molecule has 10 heteroatoms. The molecule has 6 rings (SSSR count). The van der Waals surface area contributed by atoms with Crippen molar-refractivity contribution in [3.63, 3.8) is 0 Å². The number of esters is 2. The molecule has 0 saturated carbocycles. The maximum absolute atomic E-state index is 12.9. The van der Waals surface area contributed by atoms with Gasteiger partial charge in [0.1, 0.15) is 23.7 Å². The van der Waals surface area contributed by atoms with Crippen LogP contribution in [0.1, 0.15) is 34.8 Å². The summed E-state index contributed by atoms with van der Waals surface area (Å²) in [7, 11) is 3.42. The van der Waals surface area contributed by atoms with E-state index in [1.165, 1.54) is 0 Å². The second kappa shape index (κ2) is 17.1. The normalized spacial score (nSPS) is 13.9. The van der Waals surface area contributed by atoms with Gasteiger partial charge in [-0.25, -0.2) is 9.59 Å². The lowest BCUT2D eigenvalue weighted by Crippen LogP contribution is -2.34. The summed E-state index contributed by atoms with van der Waals surface area (Å²) in [6.07, 6.45) is 0.691. The monoisotopic (exact) mass is 706 g/mol.